The first-order valence-electron chi connectivity index (χ1n) is 7.60. The van der Waals surface area contributed by atoms with Crippen LogP contribution in [0, 0.1) is 0 Å². The summed E-state index contributed by atoms with van der Waals surface area (Å²) in [6.45, 7) is 8.06. The van der Waals surface area contributed by atoms with Gasteiger partial charge in [0.15, 0.2) is 0 Å². The van der Waals surface area contributed by atoms with Gasteiger partial charge in [-0.2, -0.15) is 0 Å². The number of nitrogens with one attached hydrogen (secondary N) is 1. The Balaban J connectivity index is 2.85. The maximum absolute atomic E-state index is 3.78. The lowest BCUT2D eigenvalue weighted by atomic mass is 9.85. The van der Waals surface area contributed by atoms with Gasteiger partial charge in [0.05, 0.1) is 0 Å². The van der Waals surface area contributed by atoms with Crippen LogP contribution < -0.4 is 5.32 Å². The van der Waals surface area contributed by atoms with Crippen molar-refractivity contribution in [2.75, 3.05) is 20.6 Å². The van der Waals surface area contributed by atoms with E-state index < -0.39 is 0 Å². The maximum atomic E-state index is 3.78. The molecule has 0 fully saturated rings. The van der Waals surface area contributed by atoms with Crippen molar-refractivity contribution in [3.8, 4) is 0 Å². The molecule has 106 valence electrons. The van der Waals surface area contributed by atoms with E-state index in [1.165, 1.54) is 38.5 Å². The van der Waals surface area contributed by atoms with Crippen LogP contribution in [0.1, 0.15) is 59.3 Å². The molecule has 0 bridgehead atoms. The molecule has 0 saturated carbocycles. The summed E-state index contributed by atoms with van der Waals surface area (Å²) in [5.74, 6) is 0. The minimum Gasteiger partial charge on any atom is -0.309 e. The van der Waals surface area contributed by atoms with Gasteiger partial charge in [-0.1, -0.05) is 25.0 Å². The summed E-state index contributed by atoms with van der Waals surface area (Å²) in [5, 5.41) is 3.78. The Morgan fingerprint density at radius 2 is 2.00 bits per heavy atom. The molecule has 2 nitrogen and oxygen atoms in total. The number of likely N-dealkylation sites (N-methyl/N-ethyl adjacent to an activating group) is 1. The van der Waals surface area contributed by atoms with E-state index in [9.17, 15) is 0 Å². The average Bonchev–Trinajstić information content (AvgIpc) is 2.58. The Labute approximate surface area is 114 Å². The lowest BCUT2D eigenvalue weighted by Crippen LogP contribution is -2.56. The molecule has 1 unspecified atom stereocenters. The van der Waals surface area contributed by atoms with Crippen LogP contribution in [-0.4, -0.2) is 37.1 Å². The fourth-order valence-electron chi connectivity index (χ4n) is 2.68. The molecule has 0 saturated heterocycles. The van der Waals surface area contributed by atoms with Gasteiger partial charge in [0.1, 0.15) is 0 Å². The molecule has 0 aromatic rings. The quantitative estimate of drug-likeness (QED) is 0.727. The van der Waals surface area contributed by atoms with Crippen molar-refractivity contribution in [1.29, 1.82) is 0 Å². The summed E-state index contributed by atoms with van der Waals surface area (Å²) in [6, 6.07) is 0.491. The van der Waals surface area contributed by atoms with Crippen LogP contribution >= 0.6 is 0 Å². The third-order valence-corrected chi connectivity index (χ3v) is 4.40. The van der Waals surface area contributed by atoms with E-state index in [2.05, 4.69) is 51.2 Å². The lowest BCUT2D eigenvalue weighted by molar-refractivity contribution is 0.152. The molecule has 1 N–H and O–H groups in total. The summed E-state index contributed by atoms with van der Waals surface area (Å²) in [6.07, 6.45) is 10.4. The van der Waals surface area contributed by atoms with Crippen LogP contribution in [0.15, 0.2) is 11.6 Å². The minimum absolute atomic E-state index is 0.172. The summed E-state index contributed by atoms with van der Waals surface area (Å²) in [5.41, 5.74) is 1.81. The normalized spacial score (nSPS) is 19.6. The molecule has 1 aliphatic rings. The molecule has 0 heterocycles. The highest BCUT2D eigenvalue weighted by Gasteiger charge is 2.33. The van der Waals surface area contributed by atoms with Crippen molar-refractivity contribution in [2.45, 2.75) is 70.9 Å². The predicted octanol–water partition coefficient (Wildman–Crippen LogP) is 3.59. The molecule has 0 aromatic heterocycles. The van der Waals surface area contributed by atoms with Crippen LogP contribution in [0.5, 0.6) is 0 Å². The van der Waals surface area contributed by atoms with Crippen molar-refractivity contribution < 1.29 is 0 Å². The van der Waals surface area contributed by atoms with Gasteiger partial charge in [-0.15, -0.1) is 0 Å². The fourth-order valence-corrected chi connectivity index (χ4v) is 2.68. The molecule has 0 amide bonds. The van der Waals surface area contributed by atoms with Gasteiger partial charge in [-0.3, -0.25) is 0 Å². The zero-order valence-electron chi connectivity index (χ0n) is 13.1. The summed E-state index contributed by atoms with van der Waals surface area (Å²) >= 11 is 0. The molecule has 0 aromatic carbocycles. The number of hydrogen-bond donors (Lipinski definition) is 1. The van der Waals surface area contributed by atoms with Gasteiger partial charge < -0.3 is 10.2 Å². The van der Waals surface area contributed by atoms with E-state index in [0.717, 1.165) is 6.54 Å². The van der Waals surface area contributed by atoms with Gasteiger partial charge in [-0.25, -0.2) is 0 Å². The van der Waals surface area contributed by atoms with Crippen molar-refractivity contribution in [1.82, 2.24) is 10.2 Å². The summed E-state index contributed by atoms with van der Waals surface area (Å²) in [7, 11) is 4.38. The molecule has 18 heavy (non-hydrogen) atoms. The predicted molar refractivity (Wildman–Crippen MR) is 81.0 cm³/mol. The Morgan fingerprint density at radius 3 is 2.61 bits per heavy atom. The molecule has 0 aliphatic heterocycles. The van der Waals surface area contributed by atoms with Gasteiger partial charge in [0.25, 0.3) is 0 Å². The van der Waals surface area contributed by atoms with Crippen molar-refractivity contribution >= 4 is 0 Å². The fraction of sp³-hybridized carbons (Fsp3) is 0.875. The van der Waals surface area contributed by atoms with Gasteiger partial charge in [0, 0.05) is 11.6 Å². The standard InChI is InChI=1S/C16H32N2/c1-6-13-17-15(16(2,3)18(4)5)14-11-9-7-8-10-12-14/h11,15,17H,6-10,12-13H2,1-5H3. The van der Waals surface area contributed by atoms with E-state index in [-0.39, 0.29) is 5.54 Å². The van der Waals surface area contributed by atoms with Crippen LogP contribution in [0.3, 0.4) is 0 Å². The molecule has 1 aliphatic carbocycles. The molecular weight excluding hydrogens is 220 g/mol. The molecule has 1 rings (SSSR count). The number of allylic oxidation sites excluding steroid dienone is 1. The van der Waals surface area contributed by atoms with Crippen LogP contribution in [-0.2, 0) is 0 Å². The number of rotatable bonds is 6. The summed E-state index contributed by atoms with van der Waals surface area (Å²) in [4.78, 5) is 2.35. The first-order valence-corrected chi connectivity index (χ1v) is 7.60. The van der Waals surface area contributed by atoms with Crippen LogP contribution in [0.2, 0.25) is 0 Å². The van der Waals surface area contributed by atoms with E-state index >= 15 is 0 Å². The van der Waals surface area contributed by atoms with Crippen molar-refractivity contribution in [3.63, 3.8) is 0 Å². The molecule has 0 radical (unpaired) electrons. The van der Waals surface area contributed by atoms with E-state index in [1.54, 1.807) is 5.57 Å². The van der Waals surface area contributed by atoms with Gasteiger partial charge in [-0.05, 0) is 66.6 Å². The monoisotopic (exact) mass is 252 g/mol. The topological polar surface area (TPSA) is 15.3 Å². The number of nitrogens with zero attached hydrogens (tertiary/aromatic N) is 1. The molecule has 2 heteroatoms. The molecule has 1 atom stereocenters. The first kappa shape index (κ1) is 15.7. The Hall–Kier alpha value is -0.340. The summed E-state index contributed by atoms with van der Waals surface area (Å²) < 4.78 is 0. The van der Waals surface area contributed by atoms with Crippen LogP contribution in [0.25, 0.3) is 0 Å². The Kier molecular flexibility index (Phi) is 6.37. The third-order valence-electron chi connectivity index (χ3n) is 4.40. The Morgan fingerprint density at radius 1 is 1.28 bits per heavy atom. The molecule has 0 spiro atoms. The van der Waals surface area contributed by atoms with E-state index in [1.807, 2.05) is 0 Å². The van der Waals surface area contributed by atoms with Gasteiger partial charge in [0.2, 0.25) is 0 Å². The van der Waals surface area contributed by atoms with Crippen molar-refractivity contribution in [3.05, 3.63) is 11.6 Å². The average molecular weight is 252 g/mol. The zero-order valence-corrected chi connectivity index (χ0v) is 13.1. The molecular formula is C16H32N2. The largest absolute Gasteiger partial charge is 0.309 e. The van der Waals surface area contributed by atoms with E-state index in [0.29, 0.717) is 6.04 Å². The lowest BCUT2D eigenvalue weighted by Gasteiger charge is -2.42. The minimum atomic E-state index is 0.172. The third kappa shape index (κ3) is 4.10. The maximum Gasteiger partial charge on any atom is 0.0460 e. The highest BCUT2D eigenvalue weighted by atomic mass is 15.2. The highest BCUT2D eigenvalue weighted by Crippen LogP contribution is 2.28. The van der Waals surface area contributed by atoms with Crippen molar-refractivity contribution in [2.24, 2.45) is 0 Å². The second-order valence-corrected chi connectivity index (χ2v) is 6.31. The number of hydrogen-bond acceptors (Lipinski definition) is 2. The first-order chi connectivity index (χ1) is 8.50. The van der Waals surface area contributed by atoms with Crippen LogP contribution in [0.4, 0.5) is 0 Å². The highest BCUT2D eigenvalue weighted by molar-refractivity contribution is 5.18. The Bertz CT molecular complexity index is 266. The second kappa shape index (κ2) is 7.30. The zero-order chi connectivity index (χ0) is 13.6. The SMILES string of the molecule is CCCNC(C1=CCCCCC1)C(C)(C)N(C)C. The van der Waals surface area contributed by atoms with E-state index in [4.69, 9.17) is 0 Å². The smallest absolute Gasteiger partial charge is 0.0460 e. The van der Waals surface area contributed by atoms with Gasteiger partial charge >= 0.3 is 0 Å². The second-order valence-electron chi connectivity index (χ2n) is 6.31.